The fraction of sp³-hybridized carbons (Fsp3) is 0.667. The van der Waals surface area contributed by atoms with Gasteiger partial charge in [-0.3, -0.25) is 14.4 Å². The Morgan fingerprint density at radius 1 is 0.684 bits per heavy atom. The summed E-state index contributed by atoms with van der Waals surface area (Å²) < 4.78 is 0. The zero-order valence-corrected chi connectivity index (χ0v) is 12.0. The van der Waals surface area contributed by atoms with Gasteiger partial charge in [-0.25, -0.2) is 0 Å². The molecule has 108 valence electrons. The van der Waals surface area contributed by atoms with Crippen LogP contribution in [-0.2, 0) is 29.0 Å². The van der Waals surface area contributed by atoms with Crippen LogP contribution in [0.1, 0.15) is 40.0 Å². The second-order valence-electron chi connectivity index (χ2n) is 2.43. The van der Waals surface area contributed by atoms with Crippen molar-refractivity contribution in [3.8, 4) is 0 Å². The first kappa shape index (κ1) is 26.4. The van der Waals surface area contributed by atoms with E-state index in [1.165, 1.54) is 0 Å². The van der Waals surface area contributed by atoms with Gasteiger partial charge in [0.15, 0.2) is 0 Å². The van der Waals surface area contributed by atoms with Gasteiger partial charge >= 0.3 is 17.4 Å². The number of hydrogen-bond acceptors (Lipinski definition) is 9. The van der Waals surface area contributed by atoms with E-state index in [4.69, 9.17) is 15.8 Å². The zero-order valence-electron chi connectivity index (χ0n) is 10.9. The zero-order chi connectivity index (χ0) is 15.0. The third-order valence-electron chi connectivity index (χ3n) is 1.14. The topological polar surface area (TPSA) is 148 Å². The maximum absolute atomic E-state index is 9.65. The fourth-order valence-electron chi connectivity index (χ4n) is 0.177. The van der Waals surface area contributed by atoms with Crippen LogP contribution in [-0.4, -0.2) is 35.3 Å². The fourth-order valence-corrected chi connectivity index (χ4v) is 0.177. The molecule has 0 aromatic carbocycles. The quantitative estimate of drug-likeness (QED) is 0.307. The molecule has 0 heterocycles. The van der Waals surface area contributed by atoms with Crippen LogP contribution < -0.4 is 15.8 Å². The Hall–Kier alpha value is -1.18. The molecular weight excluding hydrogens is 279 g/mol. The summed E-state index contributed by atoms with van der Waals surface area (Å²) in [7, 11) is 0. The third kappa shape index (κ3) is 31.6. The van der Waals surface area contributed by atoms with Crippen molar-refractivity contribution in [2.45, 2.75) is 40.0 Å². The standard InChI is InChI=1S/3C3H6O3.Al/c3*1-2-3(4)6-5;/h3*5H,2H2,1H3;/q;;;+3/p-3. The van der Waals surface area contributed by atoms with Gasteiger partial charge in [0.1, 0.15) is 0 Å². The summed E-state index contributed by atoms with van der Waals surface area (Å²) in [5.74, 6) is -2.14. The Bertz CT molecular complexity index is 176. The summed E-state index contributed by atoms with van der Waals surface area (Å²) in [4.78, 5) is 38.0. The van der Waals surface area contributed by atoms with Gasteiger partial charge < -0.3 is 30.4 Å². The molecule has 10 heteroatoms. The molecule has 9 nitrogen and oxygen atoms in total. The number of carbonyl (C=O) groups is 3. The third-order valence-corrected chi connectivity index (χ3v) is 1.14. The Balaban J connectivity index is -0.0000000865. The molecule has 0 N–H and O–H groups in total. The molecule has 0 amide bonds. The van der Waals surface area contributed by atoms with Crippen LogP contribution in [0.2, 0.25) is 0 Å². The van der Waals surface area contributed by atoms with Gasteiger partial charge in [0.25, 0.3) is 17.9 Å². The molecule has 0 aromatic rings. The van der Waals surface area contributed by atoms with E-state index in [1.54, 1.807) is 20.8 Å². The SMILES string of the molecule is CCC(=O)O[O-].CCC(=O)O[O-].CCC(=O)O[O-].[Al+3]. The molecule has 0 aliphatic rings. The van der Waals surface area contributed by atoms with Gasteiger partial charge in [0.2, 0.25) is 0 Å². The van der Waals surface area contributed by atoms with E-state index in [9.17, 15) is 14.4 Å². The number of rotatable bonds is 3. The van der Waals surface area contributed by atoms with Gasteiger partial charge in [-0.1, -0.05) is 20.8 Å². The minimum atomic E-state index is -0.713. The van der Waals surface area contributed by atoms with Crippen LogP contribution in [0.4, 0.5) is 0 Å². The molecule has 0 aliphatic carbocycles. The van der Waals surface area contributed by atoms with Crippen molar-refractivity contribution in [2.75, 3.05) is 0 Å². The number of hydrogen-bond donors (Lipinski definition) is 0. The van der Waals surface area contributed by atoms with Crippen molar-refractivity contribution in [2.24, 2.45) is 0 Å². The first-order valence-electron chi connectivity index (χ1n) is 4.91. The first-order valence-corrected chi connectivity index (χ1v) is 4.91. The molecule has 0 rings (SSSR count). The predicted molar refractivity (Wildman–Crippen MR) is 54.9 cm³/mol. The summed E-state index contributed by atoms with van der Waals surface area (Å²) in [6.45, 7) is 4.67. The molecule has 0 radical (unpaired) electrons. The van der Waals surface area contributed by atoms with Crippen molar-refractivity contribution in [1.29, 1.82) is 0 Å². The Morgan fingerprint density at radius 2 is 0.842 bits per heavy atom. The van der Waals surface area contributed by atoms with Gasteiger partial charge in [0, 0.05) is 19.3 Å². The van der Waals surface area contributed by atoms with E-state index in [-0.39, 0.29) is 36.6 Å². The molecule has 0 atom stereocenters. The van der Waals surface area contributed by atoms with Gasteiger partial charge in [0.05, 0.1) is 0 Å². The molecule has 0 saturated carbocycles. The van der Waals surface area contributed by atoms with Crippen LogP contribution in [0.5, 0.6) is 0 Å². The number of carbonyl (C=O) groups excluding carboxylic acids is 3. The molecule has 0 aliphatic heterocycles. The van der Waals surface area contributed by atoms with Crippen molar-refractivity contribution in [3.63, 3.8) is 0 Å². The molecule has 0 aromatic heterocycles. The molecule has 0 fully saturated rings. The Morgan fingerprint density at radius 3 is 0.842 bits per heavy atom. The van der Waals surface area contributed by atoms with Gasteiger partial charge in [-0.2, -0.15) is 0 Å². The Kier molecular flexibility index (Phi) is 30.6. The van der Waals surface area contributed by atoms with Crippen LogP contribution in [0, 0.1) is 0 Å². The minimum Gasteiger partial charge on any atom is -0.662 e. The maximum atomic E-state index is 9.65. The van der Waals surface area contributed by atoms with E-state index in [0.29, 0.717) is 0 Å². The Labute approximate surface area is 121 Å². The van der Waals surface area contributed by atoms with E-state index in [2.05, 4.69) is 14.7 Å². The van der Waals surface area contributed by atoms with Crippen LogP contribution >= 0.6 is 0 Å². The second-order valence-corrected chi connectivity index (χ2v) is 2.43. The monoisotopic (exact) mass is 294 g/mol. The van der Waals surface area contributed by atoms with Crippen molar-refractivity contribution >= 4 is 35.3 Å². The van der Waals surface area contributed by atoms with Crippen molar-refractivity contribution in [3.05, 3.63) is 0 Å². The van der Waals surface area contributed by atoms with Crippen LogP contribution in [0.25, 0.3) is 0 Å². The van der Waals surface area contributed by atoms with Crippen molar-refractivity contribution < 1.29 is 44.8 Å². The smallest absolute Gasteiger partial charge is 0.662 e. The maximum Gasteiger partial charge on any atom is 3.00 e. The first-order chi connectivity index (χ1) is 8.42. The predicted octanol–water partition coefficient (Wildman–Crippen LogP) is -2.74. The summed E-state index contributed by atoms with van der Waals surface area (Å²) in [5.41, 5.74) is 0. The molecular formula is C9H15AlO9. The van der Waals surface area contributed by atoms with Crippen LogP contribution in [0.3, 0.4) is 0 Å². The molecule has 0 saturated heterocycles. The summed E-state index contributed by atoms with van der Waals surface area (Å²) in [6.07, 6.45) is 0.469. The summed E-state index contributed by atoms with van der Waals surface area (Å²) in [5, 5.41) is 27.0. The molecule has 0 unspecified atom stereocenters. The summed E-state index contributed by atoms with van der Waals surface area (Å²) in [6, 6.07) is 0. The van der Waals surface area contributed by atoms with E-state index < -0.39 is 17.9 Å². The minimum absolute atomic E-state index is 0. The molecule has 0 bridgehead atoms. The average molecular weight is 294 g/mol. The van der Waals surface area contributed by atoms with Gasteiger partial charge in [-0.05, 0) is 0 Å². The van der Waals surface area contributed by atoms with Crippen molar-refractivity contribution in [1.82, 2.24) is 0 Å². The van der Waals surface area contributed by atoms with Gasteiger partial charge in [-0.15, -0.1) is 0 Å². The molecule has 0 spiro atoms. The largest absolute Gasteiger partial charge is 3.00 e. The van der Waals surface area contributed by atoms with E-state index in [0.717, 1.165) is 0 Å². The van der Waals surface area contributed by atoms with Crippen LogP contribution in [0.15, 0.2) is 0 Å². The second kappa shape index (κ2) is 22.0. The van der Waals surface area contributed by atoms with E-state index in [1.807, 2.05) is 0 Å². The van der Waals surface area contributed by atoms with E-state index >= 15 is 0 Å². The summed E-state index contributed by atoms with van der Waals surface area (Å²) >= 11 is 0. The molecule has 19 heavy (non-hydrogen) atoms. The normalized spacial score (nSPS) is 7.26. The average Bonchev–Trinajstić information content (AvgIpc) is 2.45.